The highest BCUT2D eigenvalue weighted by molar-refractivity contribution is 5.85. The number of aromatic nitrogens is 1. The van der Waals surface area contributed by atoms with E-state index in [0.29, 0.717) is 6.54 Å². The number of primary amides is 1. The van der Waals surface area contributed by atoms with Gasteiger partial charge in [-0.3, -0.25) is 19.5 Å². The standard InChI is InChI=1S/C18H20N4O3/c19-17(23)10-22-15-8-21(9-16(15)25-11-18(22)24)7-12-5-13-3-1-2-4-14(13)20-6-12/h1-6,15-16H,7-11H2,(H2,19,23)/t15-,16+/m1/s1. The summed E-state index contributed by atoms with van der Waals surface area (Å²) in [6.45, 7) is 2.08. The third-order valence-corrected chi connectivity index (χ3v) is 4.83. The van der Waals surface area contributed by atoms with Crippen LogP contribution in [0.4, 0.5) is 0 Å². The normalized spacial score (nSPS) is 23.8. The van der Waals surface area contributed by atoms with Gasteiger partial charge in [0.05, 0.1) is 24.2 Å². The zero-order valence-electron chi connectivity index (χ0n) is 13.8. The molecule has 0 radical (unpaired) electrons. The molecule has 2 amide bonds. The molecule has 130 valence electrons. The highest BCUT2D eigenvalue weighted by Crippen LogP contribution is 2.25. The zero-order valence-corrected chi connectivity index (χ0v) is 13.8. The second-order valence-corrected chi connectivity index (χ2v) is 6.64. The van der Waals surface area contributed by atoms with Gasteiger partial charge in [-0.05, 0) is 17.7 Å². The fourth-order valence-electron chi connectivity index (χ4n) is 3.71. The SMILES string of the molecule is NC(=O)CN1C(=O)CO[C@H]2CN(Cc3cnc4ccccc4c3)C[C@H]21. The molecule has 4 rings (SSSR count). The molecule has 7 heteroatoms. The van der Waals surface area contributed by atoms with Crippen LogP contribution in [-0.4, -0.2) is 65.0 Å². The van der Waals surface area contributed by atoms with Crippen molar-refractivity contribution in [3.63, 3.8) is 0 Å². The molecule has 0 saturated carbocycles. The number of fused-ring (bicyclic) bond motifs is 2. The van der Waals surface area contributed by atoms with Gasteiger partial charge in [0.15, 0.2) is 0 Å². The molecular formula is C18H20N4O3. The van der Waals surface area contributed by atoms with Gasteiger partial charge in [0, 0.05) is 31.2 Å². The van der Waals surface area contributed by atoms with Crippen LogP contribution in [0.25, 0.3) is 10.9 Å². The Kier molecular flexibility index (Phi) is 4.10. The number of para-hydroxylation sites is 1. The van der Waals surface area contributed by atoms with Crippen LogP contribution in [0.2, 0.25) is 0 Å². The minimum atomic E-state index is -0.494. The van der Waals surface area contributed by atoms with Crippen LogP contribution in [0, 0.1) is 0 Å². The average Bonchev–Trinajstić information content (AvgIpc) is 3.00. The van der Waals surface area contributed by atoms with E-state index >= 15 is 0 Å². The number of hydrogen-bond acceptors (Lipinski definition) is 5. The van der Waals surface area contributed by atoms with Crippen molar-refractivity contribution in [3.8, 4) is 0 Å². The molecule has 2 aromatic rings. The molecular weight excluding hydrogens is 320 g/mol. The van der Waals surface area contributed by atoms with E-state index in [1.54, 1.807) is 4.90 Å². The van der Waals surface area contributed by atoms with Gasteiger partial charge < -0.3 is 15.4 Å². The topological polar surface area (TPSA) is 88.8 Å². The number of carbonyl (C=O) groups excluding carboxylic acids is 2. The molecule has 7 nitrogen and oxygen atoms in total. The van der Waals surface area contributed by atoms with Gasteiger partial charge in [-0.1, -0.05) is 18.2 Å². The van der Waals surface area contributed by atoms with Crippen molar-refractivity contribution in [3.05, 3.63) is 42.1 Å². The fraction of sp³-hybridized carbons (Fsp3) is 0.389. The number of likely N-dealkylation sites (tertiary alicyclic amines) is 1. The highest BCUT2D eigenvalue weighted by Gasteiger charge is 2.43. The summed E-state index contributed by atoms with van der Waals surface area (Å²) in [5, 5.41) is 1.11. The molecule has 25 heavy (non-hydrogen) atoms. The number of rotatable bonds is 4. The van der Waals surface area contributed by atoms with Gasteiger partial charge >= 0.3 is 0 Å². The lowest BCUT2D eigenvalue weighted by atomic mass is 10.1. The van der Waals surface area contributed by atoms with Gasteiger partial charge in [-0.15, -0.1) is 0 Å². The van der Waals surface area contributed by atoms with Crippen LogP contribution < -0.4 is 5.73 Å². The lowest BCUT2D eigenvalue weighted by Crippen LogP contribution is -2.56. The van der Waals surface area contributed by atoms with Crippen LogP contribution in [0.1, 0.15) is 5.56 Å². The van der Waals surface area contributed by atoms with Crippen molar-refractivity contribution in [2.75, 3.05) is 26.2 Å². The number of pyridine rings is 1. The van der Waals surface area contributed by atoms with E-state index in [-0.39, 0.29) is 31.2 Å². The molecule has 1 aromatic heterocycles. The summed E-state index contributed by atoms with van der Waals surface area (Å²) in [6, 6.07) is 10.0. The van der Waals surface area contributed by atoms with Crippen LogP contribution >= 0.6 is 0 Å². The second-order valence-electron chi connectivity index (χ2n) is 6.64. The minimum Gasteiger partial charge on any atom is -0.368 e. The smallest absolute Gasteiger partial charge is 0.249 e. The maximum atomic E-state index is 12.0. The Balaban J connectivity index is 1.49. The van der Waals surface area contributed by atoms with Crippen molar-refractivity contribution < 1.29 is 14.3 Å². The largest absolute Gasteiger partial charge is 0.368 e. The number of nitrogens with two attached hydrogens (primary N) is 1. The molecule has 3 heterocycles. The van der Waals surface area contributed by atoms with Crippen molar-refractivity contribution in [2.45, 2.75) is 18.7 Å². The first-order valence-electron chi connectivity index (χ1n) is 8.35. The molecule has 2 fully saturated rings. The lowest BCUT2D eigenvalue weighted by Gasteiger charge is -2.35. The van der Waals surface area contributed by atoms with E-state index in [1.807, 2.05) is 30.5 Å². The Bertz CT molecular complexity index is 825. The fourth-order valence-corrected chi connectivity index (χ4v) is 3.71. The highest BCUT2D eigenvalue weighted by atomic mass is 16.5. The van der Waals surface area contributed by atoms with Crippen molar-refractivity contribution in [2.24, 2.45) is 5.73 Å². The maximum absolute atomic E-state index is 12.0. The molecule has 0 bridgehead atoms. The molecule has 2 aliphatic rings. The molecule has 0 spiro atoms. The summed E-state index contributed by atoms with van der Waals surface area (Å²) in [6.07, 6.45) is 1.81. The van der Waals surface area contributed by atoms with Gasteiger partial charge in [0.25, 0.3) is 0 Å². The van der Waals surface area contributed by atoms with Crippen LogP contribution in [0.3, 0.4) is 0 Å². The zero-order chi connectivity index (χ0) is 17.4. The number of benzene rings is 1. The first-order valence-corrected chi connectivity index (χ1v) is 8.35. The summed E-state index contributed by atoms with van der Waals surface area (Å²) in [7, 11) is 0. The van der Waals surface area contributed by atoms with Gasteiger partial charge in [-0.25, -0.2) is 0 Å². The van der Waals surface area contributed by atoms with E-state index in [0.717, 1.165) is 29.6 Å². The molecule has 0 aliphatic carbocycles. The minimum absolute atomic E-state index is 0.0137. The molecule has 0 unspecified atom stereocenters. The number of amides is 2. The summed E-state index contributed by atoms with van der Waals surface area (Å²) < 4.78 is 5.66. The number of ether oxygens (including phenoxy) is 1. The summed E-state index contributed by atoms with van der Waals surface area (Å²) in [5.41, 5.74) is 7.37. The number of morpholine rings is 1. The first-order chi connectivity index (χ1) is 12.1. The number of nitrogens with zero attached hydrogens (tertiary/aromatic N) is 3. The predicted molar refractivity (Wildman–Crippen MR) is 91.5 cm³/mol. The van der Waals surface area contributed by atoms with Gasteiger partial charge in [0.2, 0.25) is 11.8 Å². The second kappa shape index (κ2) is 6.42. The van der Waals surface area contributed by atoms with Gasteiger partial charge in [0.1, 0.15) is 6.61 Å². The van der Waals surface area contributed by atoms with Gasteiger partial charge in [-0.2, -0.15) is 0 Å². The molecule has 2 saturated heterocycles. The van der Waals surface area contributed by atoms with Crippen molar-refractivity contribution >= 4 is 22.7 Å². The maximum Gasteiger partial charge on any atom is 0.249 e. The summed E-state index contributed by atoms with van der Waals surface area (Å²) in [4.78, 5) is 31.6. The number of carbonyl (C=O) groups is 2. The van der Waals surface area contributed by atoms with E-state index in [1.165, 1.54) is 0 Å². The Labute approximate surface area is 145 Å². The Morgan fingerprint density at radius 2 is 2.16 bits per heavy atom. The third-order valence-electron chi connectivity index (χ3n) is 4.83. The Hall–Kier alpha value is -2.51. The lowest BCUT2D eigenvalue weighted by molar-refractivity contribution is -0.155. The molecule has 2 aliphatic heterocycles. The molecule has 2 N–H and O–H groups in total. The quantitative estimate of drug-likeness (QED) is 0.855. The Morgan fingerprint density at radius 3 is 3.00 bits per heavy atom. The first kappa shape index (κ1) is 16.0. The monoisotopic (exact) mass is 340 g/mol. The summed E-state index contributed by atoms with van der Waals surface area (Å²) in [5.74, 6) is -0.666. The molecule has 1 aromatic carbocycles. The van der Waals surface area contributed by atoms with Crippen LogP contribution in [0.15, 0.2) is 36.5 Å². The van der Waals surface area contributed by atoms with Crippen molar-refractivity contribution in [1.29, 1.82) is 0 Å². The van der Waals surface area contributed by atoms with Crippen molar-refractivity contribution in [1.82, 2.24) is 14.8 Å². The summed E-state index contributed by atoms with van der Waals surface area (Å²) >= 11 is 0. The van der Waals surface area contributed by atoms with Crippen LogP contribution in [0.5, 0.6) is 0 Å². The van der Waals surface area contributed by atoms with E-state index in [2.05, 4.69) is 16.0 Å². The molecule has 2 atom stereocenters. The number of hydrogen-bond donors (Lipinski definition) is 1. The van der Waals surface area contributed by atoms with E-state index < -0.39 is 5.91 Å². The predicted octanol–water partition coefficient (Wildman–Crippen LogP) is 0.132. The Morgan fingerprint density at radius 1 is 1.32 bits per heavy atom. The van der Waals surface area contributed by atoms with Crippen LogP contribution in [-0.2, 0) is 20.9 Å². The van der Waals surface area contributed by atoms with E-state index in [9.17, 15) is 9.59 Å². The average molecular weight is 340 g/mol. The van der Waals surface area contributed by atoms with E-state index in [4.69, 9.17) is 10.5 Å². The third kappa shape index (κ3) is 3.20.